The number of rotatable bonds is 3. The summed E-state index contributed by atoms with van der Waals surface area (Å²) in [6.45, 7) is -0.0542. The molecule has 0 amide bonds. The number of phenols is 2. The van der Waals surface area contributed by atoms with Crippen molar-refractivity contribution in [3.05, 3.63) is 46.4 Å². The van der Waals surface area contributed by atoms with Crippen molar-refractivity contribution >= 4 is 15.9 Å². The van der Waals surface area contributed by atoms with E-state index in [1.165, 1.54) is 6.07 Å². The molecule has 94 valence electrons. The lowest BCUT2D eigenvalue weighted by atomic mass is 9.96. The molecule has 0 spiro atoms. The van der Waals surface area contributed by atoms with Gasteiger partial charge >= 0.3 is 0 Å². The third-order valence-electron chi connectivity index (χ3n) is 2.75. The number of benzene rings is 2. The highest BCUT2D eigenvalue weighted by atomic mass is 79.9. The Hall–Kier alpha value is -1.52. The minimum atomic E-state index is -0.0542. The molecule has 0 fully saturated rings. The Morgan fingerprint density at radius 2 is 1.67 bits per heavy atom. The molecule has 2 rings (SSSR count). The van der Waals surface area contributed by atoms with Gasteiger partial charge in [0.2, 0.25) is 0 Å². The van der Waals surface area contributed by atoms with E-state index < -0.39 is 0 Å². The van der Waals surface area contributed by atoms with Crippen molar-refractivity contribution in [3.63, 3.8) is 0 Å². The van der Waals surface area contributed by atoms with E-state index in [9.17, 15) is 10.2 Å². The van der Waals surface area contributed by atoms with Crippen LogP contribution in [0, 0.1) is 0 Å². The van der Waals surface area contributed by atoms with Crippen LogP contribution < -0.4 is 0 Å². The van der Waals surface area contributed by atoms with Crippen LogP contribution in [0.4, 0.5) is 0 Å². The van der Waals surface area contributed by atoms with Gasteiger partial charge in [-0.15, -0.1) is 0 Å². The van der Waals surface area contributed by atoms with Crippen molar-refractivity contribution in [3.8, 4) is 22.6 Å². The Labute approximate surface area is 113 Å². The van der Waals surface area contributed by atoms with Crippen molar-refractivity contribution in [2.75, 3.05) is 6.61 Å². The largest absolute Gasteiger partial charge is 0.507 e. The van der Waals surface area contributed by atoms with Gasteiger partial charge < -0.3 is 15.3 Å². The minimum Gasteiger partial charge on any atom is -0.507 e. The van der Waals surface area contributed by atoms with Gasteiger partial charge in [-0.1, -0.05) is 30.3 Å². The average Bonchev–Trinajstić information content (AvgIpc) is 2.37. The molecule has 0 radical (unpaired) electrons. The molecule has 0 bridgehead atoms. The van der Waals surface area contributed by atoms with Gasteiger partial charge in [0.25, 0.3) is 0 Å². The maximum Gasteiger partial charge on any atom is 0.133 e. The zero-order valence-electron chi connectivity index (χ0n) is 9.60. The van der Waals surface area contributed by atoms with E-state index in [1.807, 2.05) is 30.3 Å². The molecule has 2 aromatic rings. The topological polar surface area (TPSA) is 60.7 Å². The van der Waals surface area contributed by atoms with Crippen LogP contribution in [0.15, 0.2) is 40.9 Å². The maximum absolute atomic E-state index is 10.0. The molecule has 0 saturated heterocycles. The highest BCUT2D eigenvalue weighted by Gasteiger charge is 2.16. The molecule has 0 heterocycles. The summed E-state index contributed by atoms with van der Waals surface area (Å²) in [7, 11) is 0. The second-order valence-corrected chi connectivity index (χ2v) is 4.71. The Morgan fingerprint density at radius 1 is 1.00 bits per heavy atom. The molecule has 0 unspecified atom stereocenters. The Kier molecular flexibility index (Phi) is 3.89. The number of aliphatic hydroxyl groups is 1. The summed E-state index contributed by atoms with van der Waals surface area (Å²) < 4.78 is 0.508. The van der Waals surface area contributed by atoms with Crippen LogP contribution in [0.1, 0.15) is 5.56 Å². The van der Waals surface area contributed by atoms with Crippen molar-refractivity contribution in [1.82, 2.24) is 0 Å². The molecule has 0 saturated carbocycles. The standard InChI is InChI=1S/C14H13BrO3/c15-14-10(6-7-16)13(11(17)8-12(14)18)9-4-2-1-3-5-9/h1-5,8,16-18H,6-7H2. The Morgan fingerprint density at radius 3 is 2.28 bits per heavy atom. The molecule has 3 N–H and O–H groups in total. The Bertz CT molecular complexity index is 553. The normalized spacial score (nSPS) is 10.6. The van der Waals surface area contributed by atoms with Gasteiger partial charge in [0.05, 0.1) is 4.47 Å². The third-order valence-corrected chi connectivity index (χ3v) is 3.63. The smallest absolute Gasteiger partial charge is 0.133 e. The summed E-state index contributed by atoms with van der Waals surface area (Å²) in [6, 6.07) is 10.7. The fourth-order valence-electron chi connectivity index (χ4n) is 1.96. The lowest BCUT2D eigenvalue weighted by Gasteiger charge is -2.14. The summed E-state index contributed by atoms with van der Waals surface area (Å²) in [6.07, 6.45) is 0.354. The number of hydrogen-bond donors (Lipinski definition) is 3. The van der Waals surface area contributed by atoms with Crippen LogP contribution >= 0.6 is 15.9 Å². The van der Waals surface area contributed by atoms with E-state index in [0.29, 0.717) is 22.0 Å². The Balaban J connectivity index is 2.69. The van der Waals surface area contributed by atoms with E-state index in [4.69, 9.17) is 5.11 Å². The minimum absolute atomic E-state index is 0.00495. The first kappa shape index (κ1) is 12.9. The summed E-state index contributed by atoms with van der Waals surface area (Å²) >= 11 is 3.29. The van der Waals surface area contributed by atoms with Crippen molar-refractivity contribution < 1.29 is 15.3 Å². The van der Waals surface area contributed by atoms with Gasteiger partial charge in [0.1, 0.15) is 11.5 Å². The fourth-order valence-corrected chi connectivity index (χ4v) is 2.47. The zero-order valence-corrected chi connectivity index (χ0v) is 11.2. The molecule has 3 nitrogen and oxygen atoms in total. The number of hydrogen-bond acceptors (Lipinski definition) is 3. The lowest BCUT2D eigenvalue weighted by molar-refractivity contribution is 0.299. The first-order chi connectivity index (χ1) is 8.65. The molecule has 0 aliphatic heterocycles. The van der Waals surface area contributed by atoms with Crippen LogP contribution in [-0.4, -0.2) is 21.9 Å². The molecular weight excluding hydrogens is 296 g/mol. The van der Waals surface area contributed by atoms with Gasteiger partial charge in [-0.3, -0.25) is 0 Å². The molecule has 2 aromatic carbocycles. The predicted octanol–water partition coefficient (Wildman–Crippen LogP) is 3.06. The SMILES string of the molecule is OCCc1c(Br)c(O)cc(O)c1-c1ccccc1. The highest BCUT2D eigenvalue weighted by Crippen LogP contribution is 2.42. The van der Waals surface area contributed by atoms with Crippen molar-refractivity contribution in [1.29, 1.82) is 0 Å². The van der Waals surface area contributed by atoms with Crippen molar-refractivity contribution in [2.24, 2.45) is 0 Å². The predicted molar refractivity (Wildman–Crippen MR) is 73.7 cm³/mol. The summed E-state index contributed by atoms with van der Waals surface area (Å²) in [4.78, 5) is 0. The third kappa shape index (κ3) is 2.35. The number of aromatic hydroxyl groups is 2. The molecule has 0 atom stereocenters. The molecular formula is C14H13BrO3. The highest BCUT2D eigenvalue weighted by molar-refractivity contribution is 9.10. The van der Waals surface area contributed by atoms with Crippen LogP contribution in [0.5, 0.6) is 11.5 Å². The van der Waals surface area contributed by atoms with Gasteiger partial charge in [-0.25, -0.2) is 0 Å². The van der Waals surface area contributed by atoms with Gasteiger partial charge in [-0.2, -0.15) is 0 Å². The molecule has 0 aromatic heterocycles. The van der Waals surface area contributed by atoms with Crippen LogP contribution in [-0.2, 0) is 6.42 Å². The lowest BCUT2D eigenvalue weighted by Crippen LogP contribution is -1.97. The van der Waals surface area contributed by atoms with E-state index in [1.54, 1.807) is 0 Å². The first-order valence-corrected chi connectivity index (χ1v) is 6.34. The molecule has 0 aliphatic carbocycles. The van der Waals surface area contributed by atoms with Crippen LogP contribution in [0.25, 0.3) is 11.1 Å². The quantitative estimate of drug-likeness (QED) is 0.816. The van der Waals surface area contributed by atoms with Gasteiger partial charge in [0, 0.05) is 18.2 Å². The average molecular weight is 309 g/mol. The number of halogens is 1. The monoisotopic (exact) mass is 308 g/mol. The second kappa shape index (κ2) is 5.42. The molecule has 18 heavy (non-hydrogen) atoms. The van der Waals surface area contributed by atoms with E-state index in [0.717, 1.165) is 5.56 Å². The summed E-state index contributed by atoms with van der Waals surface area (Å²) in [5.74, 6) is -0.0269. The van der Waals surface area contributed by atoms with E-state index in [-0.39, 0.29) is 18.1 Å². The summed E-state index contributed by atoms with van der Waals surface area (Å²) in [5.41, 5.74) is 2.18. The molecule has 4 heteroatoms. The first-order valence-electron chi connectivity index (χ1n) is 5.54. The summed E-state index contributed by atoms with van der Waals surface area (Å²) in [5, 5.41) is 28.8. The van der Waals surface area contributed by atoms with Crippen LogP contribution in [0.2, 0.25) is 0 Å². The number of phenolic OH excluding ortho intramolecular Hbond substituents is 2. The van der Waals surface area contributed by atoms with E-state index >= 15 is 0 Å². The van der Waals surface area contributed by atoms with Crippen molar-refractivity contribution in [2.45, 2.75) is 6.42 Å². The molecule has 0 aliphatic rings. The second-order valence-electron chi connectivity index (χ2n) is 3.92. The van der Waals surface area contributed by atoms with Gasteiger partial charge in [-0.05, 0) is 33.5 Å². The zero-order chi connectivity index (χ0) is 13.1. The maximum atomic E-state index is 10.0. The van der Waals surface area contributed by atoms with Gasteiger partial charge in [0.15, 0.2) is 0 Å². The van der Waals surface area contributed by atoms with E-state index in [2.05, 4.69) is 15.9 Å². The van der Waals surface area contributed by atoms with Crippen LogP contribution in [0.3, 0.4) is 0 Å². The fraction of sp³-hybridized carbons (Fsp3) is 0.143. The number of aliphatic hydroxyl groups excluding tert-OH is 1.